The van der Waals surface area contributed by atoms with Crippen molar-refractivity contribution in [1.82, 2.24) is 20.3 Å². The number of aromatic nitrogens is 2. The summed E-state index contributed by atoms with van der Waals surface area (Å²) in [4.78, 5) is 29.7. The van der Waals surface area contributed by atoms with Crippen LogP contribution in [0.15, 0.2) is 47.5 Å². The van der Waals surface area contributed by atoms with Crippen molar-refractivity contribution in [3.63, 3.8) is 0 Å². The van der Waals surface area contributed by atoms with Crippen molar-refractivity contribution in [2.75, 3.05) is 11.4 Å². The number of fused-ring (bicyclic) bond motifs is 2. The lowest BCUT2D eigenvalue weighted by Gasteiger charge is -2.37. The highest BCUT2D eigenvalue weighted by atomic mass is 16.5. The molecule has 1 fully saturated rings. The van der Waals surface area contributed by atoms with Crippen LogP contribution in [0.4, 0.5) is 10.5 Å². The lowest BCUT2D eigenvalue weighted by Crippen LogP contribution is -2.47. The molecule has 1 aliphatic heterocycles. The number of aliphatic imine (C=N–C) groups is 1. The second-order valence-electron chi connectivity index (χ2n) is 9.30. The topological polar surface area (TPSA) is 96.8 Å². The van der Waals surface area contributed by atoms with Crippen molar-refractivity contribution >= 4 is 28.6 Å². The van der Waals surface area contributed by atoms with Crippen molar-refractivity contribution in [2.24, 2.45) is 10.9 Å². The third-order valence-electron chi connectivity index (χ3n) is 6.28. The van der Waals surface area contributed by atoms with E-state index in [1.54, 1.807) is 0 Å². The normalized spacial score (nSPS) is 16.6. The van der Waals surface area contributed by atoms with Crippen LogP contribution in [0.2, 0.25) is 0 Å². The van der Waals surface area contributed by atoms with Crippen molar-refractivity contribution in [2.45, 2.75) is 52.2 Å². The van der Waals surface area contributed by atoms with E-state index in [9.17, 15) is 10.0 Å². The number of hydrogen-bond acceptors (Lipinski definition) is 4. The monoisotopic (exact) mass is 446 g/mol. The molecule has 2 aliphatic rings. The van der Waals surface area contributed by atoms with Crippen LogP contribution in [-0.4, -0.2) is 44.5 Å². The molecule has 0 saturated heterocycles. The number of hydrogen-bond donors (Lipinski definition) is 3. The van der Waals surface area contributed by atoms with Crippen molar-refractivity contribution in [3.05, 3.63) is 59.4 Å². The molecule has 8 nitrogen and oxygen atoms in total. The first-order valence-electron chi connectivity index (χ1n) is 11.6. The van der Waals surface area contributed by atoms with Gasteiger partial charge in [0.25, 0.3) is 0 Å². The molecule has 1 aliphatic carbocycles. The second-order valence-corrected chi connectivity index (χ2v) is 9.30. The fourth-order valence-corrected chi connectivity index (χ4v) is 4.30. The molecule has 8 heteroatoms. The van der Waals surface area contributed by atoms with E-state index in [-0.39, 0.29) is 6.03 Å². The zero-order valence-electron chi connectivity index (χ0n) is 19.1. The van der Waals surface area contributed by atoms with Gasteiger partial charge in [-0.25, -0.2) is 9.78 Å². The van der Waals surface area contributed by atoms with Gasteiger partial charge in [-0.05, 0) is 55.0 Å². The Bertz CT molecular complexity index is 1200. The van der Waals surface area contributed by atoms with Crippen molar-refractivity contribution in [1.29, 1.82) is 0 Å². The minimum atomic E-state index is 0.0430. The number of anilines is 1. The number of amides is 2. The summed E-state index contributed by atoms with van der Waals surface area (Å²) in [6.07, 6.45) is 3.11. The van der Waals surface area contributed by atoms with Crippen LogP contribution < -0.4 is 10.4 Å². The summed E-state index contributed by atoms with van der Waals surface area (Å²) in [7, 11) is 0. The first kappa shape index (κ1) is 21.5. The highest BCUT2D eigenvalue weighted by molar-refractivity contribution is 6.00. The number of rotatable bonds is 7. The number of amidine groups is 1. The molecule has 3 aromatic rings. The molecule has 1 aromatic heterocycles. The molecule has 2 aromatic carbocycles. The number of nitrogens with zero attached hydrogens (tertiary/aromatic N) is 4. The van der Waals surface area contributed by atoms with Gasteiger partial charge >= 0.3 is 6.03 Å². The van der Waals surface area contributed by atoms with E-state index in [1.807, 2.05) is 46.2 Å². The van der Waals surface area contributed by atoms with Gasteiger partial charge in [-0.3, -0.25) is 20.6 Å². The van der Waals surface area contributed by atoms with Gasteiger partial charge < -0.3 is 9.88 Å². The van der Waals surface area contributed by atoms with E-state index in [2.05, 4.69) is 35.4 Å². The molecule has 0 atom stereocenters. The number of para-hydroxylation sites is 1. The fourth-order valence-electron chi connectivity index (χ4n) is 4.30. The Morgan fingerprint density at radius 2 is 2.09 bits per heavy atom. The molecule has 0 unspecified atom stereocenters. The van der Waals surface area contributed by atoms with Crippen LogP contribution in [0.5, 0.6) is 0 Å². The zero-order valence-corrected chi connectivity index (χ0v) is 19.1. The van der Waals surface area contributed by atoms with Gasteiger partial charge in [-0.15, -0.1) is 0 Å². The molecular formula is C25H30N6O2. The summed E-state index contributed by atoms with van der Waals surface area (Å²) in [5.74, 6) is 1.71. The predicted molar refractivity (Wildman–Crippen MR) is 128 cm³/mol. The first-order valence-corrected chi connectivity index (χ1v) is 11.6. The minimum Gasteiger partial charge on any atom is -0.340 e. The highest BCUT2D eigenvalue weighted by Gasteiger charge is 2.39. The summed E-state index contributed by atoms with van der Waals surface area (Å²) >= 11 is 0. The molecule has 0 radical (unpaired) electrons. The maximum atomic E-state index is 13.3. The summed E-state index contributed by atoms with van der Waals surface area (Å²) in [6.45, 7) is 5.98. The van der Waals surface area contributed by atoms with E-state index in [4.69, 9.17) is 4.98 Å². The lowest BCUT2D eigenvalue weighted by atomic mass is 10.1. The zero-order chi connectivity index (χ0) is 22.9. The summed E-state index contributed by atoms with van der Waals surface area (Å²) in [6, 6.07) is 14.2. The number of nitrogens with one attached hydrogen (secondary N) is 2. The molecule has 33 heavy (non-hydrogen) atoms. The van der Waals surface area contributed by atoms with Gasteiger partial charge in [-0.1, -0.05) is 32.0 Å². The Kier molecular flexibility index (Phi) is 5.76. The number of carbonyl (C=O) groups excluding carboxylic acids is 1. The Hall–Kier alpha value is -3.39. The van der Waals surface area contributed by atoms with E-state index >= 15 is 0 Å². The molecule has 5 rings (SSSR count). The van der Waals surface area contributed by atoms with Crippen molar-refractivity contribution in [3.8, 4) is 0 Å². The van der Waals surface area contributed by atoms with E-state index in [1.165, 1.54) is 5.56 Å². The quantitative estimate of drug-likeness (QED) is 0.284. The van der Waals surface area contributed by atoms with Crippen LogP contribution in [-0.2, 0) is 13.1 Å². The molecule has 172 valence electrons. The fraction of sp³-hybridized carbons (Fsp3) is 0.400. The van der Waals surface area contributed by atoms with Gasteiger partial charge in [0, 0.05) is 24.7 Å². The summed E-state index contributed by atoms with van der Waals surface area (Å²) in [5, 5.41) is 9.58. The predicted octanol–water partition coefficient (Wildman–Crippen LogP) is 4.44. The number of carbonyl (C=O) groups is 1. The third kappa shape index (κ3) is 4.43. The van der Waals surface area contributed by atoms with Crippen LogP contribution in [0.3, 0.4) is 0 Å². The SMILES string of the molecule is CC(C)CCN=C(NO)c1ccc2nc(CN3C(=O)N(C4CC4)Cc4ccccc43)[nH]c2c1. The summed E-state index contributed by atoms with van der Waals surface area (Å²) in [5.41, 5.74) is 6.77. The highest BCUT2D eigenvalue weighted by Crippen LogP contribution is 2.36. The van der Waals surface area contributed by atoms with Gasteiger partial charge in [-0.2, -0.15) is 0 Å². The number of urea groups is 1. The minimum absolute atomic E-state index is 0.0430. The molecule has 2 amide bonds. The van der Waals surface area contributed by atoms with Crippen LogP contribution in [0.25, 0.3) is 11.0 Å². The second kappa shape index (κ2) is 8.86. The first-order chi connectivity index (χ1) is 16.0. The number of H-pyrrole nitrogens is 1. The Morgan fingerprint density at radius 3 is 2.85 bits per heavy atom. The molecule has 1 saturated carbocycles. The number of hydroxylamine groups is 1. The smallest absolute Gasteiger partial charge is 0.325 e. The lowest BCUT2D eigenvalue weighted by molar-refractivity contribution is 0.194. The maximum Gasteiger partial charge on any atom is 0.325 e. The molecule has 0 spiro atoms. The number of imidazole rings is 1. The molecule has 2 heterocycles. The largest absolute Gasteiger partial charge is 0.340 e. The van der Waals surface area contributed by atoms with Crippen LogP contribution in [0, 0.1) is 5.92 Å². The molecule has 3 N–H and O–H groups in total. The van der Waals surface area contributed by atoms with Gasteiger partial charge in [0.15, 0.2) is 5.84 Å². The van der Waals surface area contributed by atoms with E-state index < -0.39 is 0 Å². The maximum absolute atomic E-state index is 13.3. The number of aromatic amines is 1. The van der Waals surface area contributed by atoms with Crippen molar-refractivity contribution < 1.29 is 10.0 Å². The van der Waals surface area contributed by atoms with Gasteiger partial charge in [0.2, 0.25) is 0 Å². The van der Waals surface area contributed by atoms with E-state index in [0.29, 0.717) is 37.4 Å². The van der Waals surface area contributed by atoms with Gasteiger partial charge in [0.1, 0.15) is 5.82 Å². The standard InChI is InChI=1S/C25H30N6O2/c1-16(2)11-12-26-24(29-33)17-7-10-20-21(13-17)28-23(27-20)15-31-22-6-4-3-5-18(22)14-30(25(31)32)19-8-9-19/h3-7,10,13,16,19,33H,8-9,11-12,14-15H2,1-2H3,(H,26,29)(H,27,28). The Labute approximate surface area is 193 Å². The van der Waals surface area contributed by atoms with Crippen LogP contribution in [0.1, 0.15) is 50.1 Å². The average Bonchev–Trinajstić information content (AvgIpc) is 3.57. The molecule has 0 bridgehead atoms. The van der Waals surface area contributed by atoms with Gasteiger partial charge in [0.05, 0.1) is 23.3 Å². The summed E-state index contributed by atoms with van der Waals surface area (Å²) < 4.78 is 0. The third-order valence-corrected chi connectivity index (χ3v) is 6.28. The van der Waals surface area contributed by atoms with Crippen LogP contribution >= 0.6 is 0 Å². The Morgan fingerprint density at radius 1 is 1.27 bits per heavy atom. The van der Waals surface area contributed by atoms with E-state index in [0.717, 1.165) is 47.4 Å². The average molecular weight is 447 g/mol. The Balaban J connectivity index is 1.41. The number of benzene rings is 2. The molecular weight excluding hydrogens is 416 g/mol.